The van der Waals surface area contributed by atoms with Gasteiger partial charge in [0.2, 0.25) is 0 Å². The van der Waals surface area contributed by atoms with Gasteiger partial charge in [-0.05, 0) is 45.2 Å². The predicted molar refractivity (Wildman–Crippen MR) is 110 cm³/mol. The number of aromatic nitrogens is 4. The van der Waals surface area contributed by atoms with Crippen molar-refractivity contribution in [2.75, 3.05) is 18.0 Å². The third kappa shape index (κ3) is 3.55. The molecule has 1 aliphatic rings. The molecule has 1 saturated heterocycles. The minimum Gasteiger partial charge on any atom is -0.370 e. The molecule has 0 amide bonds. The lowest BCUT2D eigenvalue weighted by Gasteiger charge is -2.35. The number of piperidine rings is 1. The molecule has 5 nitrogen and oxygen atoms in total. The molecule has 0 radical (unpaired) electrons. The monoisotopic (exact) mass is 363 g/mol. The molecule has 1 unspecified atom stereocenters. The molecule has 27 heavy (non-hydrogen) atoms. The van der Waals surface area contributed by atoms with Crippen molar-refractivity contribution in [2.45, 2.75) is 58.4 Å². The zero-order valence-electron chi connectivity index (χ0n) is 16.6. The minimum absolute atomic E-state index is 0.392. The number of nitrogens with zero attached hydrogens (tertiary/aromatic N) is 5. The van der Waals surface area contributed by atoms with E-state index in [0.717, 1.165) is 37.3 Å². The summed E-state index contributed by atoms with van der Waals surface area (Å²) >= 11 is 0. The lowest BCUT2D eigenvalue weighted by Crippen LogP contribution is -2.35. The number of hydrogen-bond donors (Lipinski definition) is 0. The molecule has 142 valence electrons. The smallest absolute Gasteiger partial charge is 0.137 e. The maximum absolute atomic E-state index is 4.87. The Morgan fingerprint density at radius 1 is 1.22 bits per heavy atom. The quantitative estimate of drug-likeness (QED) is 0.657. The van der Waals surface area contributed by atoms with Crippen molar-refractivity contribution in [2.24, 2.45) is 0 Å². The van der Waals surface area contributed by atoms with Gasteiger partial charge in [-0.1, -0.05) is 31.5 Å². The summed E-state index contributed by atoms with van der Waals surface area (Å²) in [5.74, 6) is 1.55. The summed E-state index contributed by atoms with van der Waals surface area (Å²) in [6.07, 6.45) is 6.37. The van der Waals surface area contributed by atoms with Gasteiger partial charge in [0.25, 0.3) is 0 Å². The average molecular weight is 364 g/mol. The fourth-order valence-corrected chi connectivity index (χ4v) is 4.20. The van der Waals surface area contributed by atoms with Crippen LogP contribution >= 0.6 is 0 Å². The van der Waals surface area contributed by atoms with Crippen molar-refractivity contribution in [3.8, 4) is 0 Å². The maximum Gasteiger partial charge on any atom is 0.137 e. The Labute approximate surface area is 161 Å². The normalized spacial score (nSPS) is 17.8. The van der Waals surface area contributed by atoms with E-state index in [9.17, 15) is 0 Å². The Hall–Kier alpha value is -2.43. The molecule has 1 atom stereocenters. The molecular weight excluding hydrogens is 334 g/mol. The van der Waals surface area contributed by atoms with Crippen LogP contribution in [0.4, 0.5) is 5.69 Å². The van der Waals surface area contributed by atoms with E-state index in [-0.39, 0.29) is 0 Å². The van der Waals surface area contributed by atoms with Gasteiger partial charge in [-0.2, -0.15) is 0 Å². The second kappa shape index (κ2) is 7.67. The average Bonchev–Trinajstić information content (AvgIpc) is 3.18. The molecule has 0 N–H and O–H groups in total. The van der Waals surface area contributed by atoms with Crippen LogP contribution in [0.25, 0.3) is 10.9 Å². The van der Waals surface area contributed by atoms with Crippen LogP contribution in [0.2, 0.25) is 0 Å². The van der Waals surface area contributed by atoms with E-state index < -0.39 is 0 Å². The third-order valence-corrected chi connectivity index (χ3v) is 5.54. The second-order valence-electron chi connectivity index (χ2n) is 7.88. The van der Waals surface area contributed by atoms with Gasteiger partial charge in [-0.25, -0.2) is 0 Å². The van der Waals surface area contributed by atoms with E-state index in [0.29, 0.717) is 12.0 Å². The number of para-hydroxylation sites is 1. The first kappa shape index (κ1) is 18.0. The largest absolute Gasteiger partial charge is 0.370 e. The lowest BCUT2D eigenvalue weighted by molar-refractivity contribution is 0.455. The highest BCUT2D eigenvalue weighted by Gasteiger charge is 2.27. The van der Waals surface area contributed by atoms with Crippen LogP contribution in [0, 0.1) is 0 Å². The van der Waals surface area contributed by atoms with Gasteiger partial charge in [0.15, 0.2) is 0 Å². The highest BCUT2D eigenvalue weighted by Crippen LogP contribution is 2.34. The molecule has 1 aliphatic heterocycles. The molecule has 0 aliphatic carbocycles. The van der Waals surface area contributed by atoms with Crippen LogP contribution in [-0.4, -0.2) is 32.8 Å². The number of aryl methyl sites for hydroxylation is 1. The first-order valence-corrected chi connectivity index (χ1v) is 10.2. The zero-order chi connectivity index (χ0) is 18.8. The van der Waals surface area contributed by atoms with Crippen molar-refractivity contribution in [1.29, 1.82) is 0 Å². The number of hydrogen-bond acceptors (Lipinski definition) is 4. The van der Waals surface area contributed by atoms with E-state index in [4.69, 9.17) is 4.98 Å². The van der Waals surface area contributed by atoms with Gasteiger partial charge in [-0.3, -0.25) is 4.98 Å². The summed E-state index contributed by atoms with van der Waals surface area (Å²) in [5, 5.41) is 9.91. The molecule has 3 aromatic rings. The zero-order valence-corrected chi connectivity index (χ0v) is 16.6. The van der Waals surface area contributed by atoms with E-state index in [1.807, 2.05) is 6.33 Å². The summed E-state index contributed by atoms with van der Waals surface area (Å²) in [4.78, 5) is 7.41. The fourth-order valence-electron chi connectivity index (χ4n) is 4.20. The van der Waals surface area contributed by atoms with Gasteiger partial charge >= 0.3 is 0 Å². The topological polar surface area (TPSA) is 46.8 Å². The van der Waals surface area contributed by atoms with Crippen LogP contribution in [0.15, 0.2) is 36.7 Å². The standard InChI is InChI=1S/C22H29N5/c1-4-8-18-13-21(19-10-5-6-11-20(19)24-18)26-12-7-9-17(14-26)22-25-23-15-27(22)16(2)3/h5-6,10-11,13,15-17H,4,7-9,12,14H2,1-3H3. The van der Waals surface area contributed by atoms with Gasteiger partial charge < -0.3 is 9.47 Å². The Morgan fingerprint density at radius 2 is 2.07 bits per heavy atom. The fraction of sp³-hybridized carbons (Fsp3) is 0.500. The number of rotatable bonds is 5. The molecule has 0 spiro atoms. The van der Waals surface area contributed by atoms with Crippen molar-refractivity contribution >= 4 is 16.6 Å². The summed E-state index contributed by atoms with van der Waals surface area (Å²) in [5.41, 5.74) is 3.62. The Kier molecular flexibility index (Phi) is 5.10. The maximum atomic E-state index is 4.87. The van der Waals surface area contributed by atoms with Gasteiger partial charge in [0, 0.05) is 41.8 Å². The second-order valence-corrected chi connectivity index (χ2v) is 7.88. The first-order chi connectivity index (χ1) is 13.2. The molecule has 2 aromatic heterocycles. The van der Waals surface area contributed by atoms with Crippen LogP contribution < -0.4 is 4.90 Å². The van der Waals surface area contributed by atoms with Gasteiger partial charge in [0.05, 0.1) is 5.52 Å². The van der Waals surface area contributed by atoms with Crippen molar-refractivity contribution in [3.05, 3.63) is 48.2 Å². The number of fused-ring (bicyclic) bond motifs is 1. The van der Waals surface area contributed by atoms with E-state index >= 15 is 0 Å². The first-order valence-electron chi connectivity index (χ1n) is 10.2. The third-order valence-electron chi connectivity index (χ3n) is 5.54. The summed E-state index contributed by atoms with van der Waals surface area (Å²) < 4.78 is 2.22. The Bertz CT molecular complexity index is 914. The van der Waals surface area contributed by atoms with E-state index in [2.05, 4.69) is 70.8 Å². The lowest BCUT2D eigenvalue weighted by atomic mass is 9.95. The summed E-state index contributed by atoms with van der Waals surface area (Å²) in [6, 6.07) is 11.2. The van der Waals surface area contributed by atoms with Crippen molar-refractivity contribution in [1.82, 2.24) is 19.7 Å². The highest BCUT2D eigenvalue weighted by molar-refractivity contribution is 5.92. The molecule has 3 heterocycles. The highest BCUT2D eigenvalue weighted by atomic mass is 15.3. The van der Waals surface area contributed by atoms with Crippen LogP contribution in [-0.2, 0) is 6.42 Å². The van der Waals surface area contributed by atoms with Gasteiger partial charge in [0.1, 0.15) is 12.2 Å². The number of benzene rings is 1. The van der Waals surface area contributed by atoms with Crippen molar-refractivity contribution in [3.63, 3.8) is 0 Å². The van der Waals surface area contributed by atoms with E-state index in [1.54, 1.807) is 0 Å². The summed E-state index contributed by atoms with van der Waals surface area (Å²) in [7, 11) is 0. The number of pyridine rings is 1. The van der Waals surface area contributed by atoms with Crippen LogP contribution in [0.5, 0.6) is 0 Å². The molecule has 4 rings (SSSR count). The molecule has 0 bridgehead atoms. The van der Waals surface area contributed by atoms with Crippen molar-refractivity contribution < 1.29 is 0 Å². The van der Waals surface area contributed by atoms with Crippen LogP contribution in [0.1, 0.15) is 63.5 Å². The Balaban J connectivity index is 1.69. The molecule has 1 aromatic carbocycles. The van der Waals surface area contributed by atoms with Gasteiger partial charge in [-0.15, -0.1) is 10.2 Å². The predicted octanol–water partition coefficient (Wildman–Crippen LogP) is 4.74. The molecule has 0 saturated carbocycles. The van der Waals surface area contributed by atoms with E-state index in [1.165, 1.54) is 29.6 Å². The molecular formula is C22H29N5. The number of anilines is 1. The summed E-state index contributed by atoms with van der Waals surface area (Å²) in [6.45, 7) is 8.69. The Morgan fingerprint density at radius 3 is 2.89 bits per heavy atom. The molecule has 5 heteroatoms. The minimum atomic E-state index is 0.392. The van der Waals surface area contributed by atoms with Crippen LogP contribution in [0.3, 0.4) is 0 Å². The SMILES string of the molecule is CCCc1cc(N2CCCC(c3nncn3C(C)C)C2)c2ccccc2n1. The molecule has 1 fully saturated rings.